The van der Waals surface area contributed by atoms with Crippen LogP contribution in [0, 0.1) is 0 Å². The average molecular weight is 581 g/mol. The fourth-order valence-electron chi connectivity index (χ4n) is 5.74. The molecule has 11 heteroatoms. The summed E-state index contributed by atoms with van der Waals surface area (Å²) in [6, 6.07) is 10.2. The summed E-state index contributed by atoms with van der Waals surface area (Å²) in [4.78, 5) is 25.8. The number of hydrogen-bond acceptors (Lipinski definition) is 7. The molecular weight excluding hydrogens is 536 g/mol. The normalized spacial score (nSPS) is 20.3. The maximum atomic E-state index is 12.1. The van der Waals surface area contributed by atoms with Gasteiger partial charge in [-0.25, -0.2) is 8.42 Å². The summed E-state index contributed by atoms with van der Waals surface area (Å²) in [5.41, 5.74) is 5.75. The number of aromatic nitrogens is 1. The van der Waals surface area contributed by atoms with E-state index in [1.54, 1.807) is 22.4 Å². The minimum atomic E-state index is -3.25. The Balaban J connectivity index is 0.000000223. The van der Waals surface area contributed by atoms with E-state index in [0.717, 1.165) is 22.4 Å². The summed E-state index contributed by atoms with van der Waals surface area (Å²) in [5, 5.41) is 11.2. The highest BCUT2D eigenvalue weighted by Crippen LogP contribution is 2.35. The lowest BCUT2D eigenvalue weighted by atomic mass is 10.0. The Kier molecular flexibility index (Phi) is 11.4. The van der Waals surface area contributed by atoms with Gasteiger partial charge in [0.25, 0.3) is 11.5 Å². The number of sulfonamides is 1. The number of benzene rings is 1. The average Bonchev–Trinajstić information content (AvgIpc) is 3.07. The standard InChI is InChI=1S/C15H30N2O3S2.C13H14N2O2/c1-3-21-10-9-16(22(2,19)20)11-15(18)12-17-13-5-4-6-14(17)8-7-13;1-8(2)15-11-6-4-3-5-9(11)7-10(12(14)16)13(15)17/h13-15,18H,3-12H2,1-2H3;3-8H,1-2H3,(H2,14,16)/t13-,14+,15?;. The zero-order valence-corrected chi connectivity index (χ0v) is 25.2. The van der Waals surface area contributed by atoms with Crippen LogP contribution < -0.4 is 11.3 Å². The molecular formula is C28H44N4O5S2. The molecule has 2 bridgehead atoms. The van der Waals surface area contributed by atoms with Gasteiger partial charge in [0.1, 0.15) is 5.56 Å². The van der Waals surface area contributed by atoms with Gasteiger partial charge in [0, 0.05) is 43.5 Å². The molecule has 2 saturated heterocycles. The van der Waals surface area contributed by atoms with Crippen molar-refractivity contribution in [3.05, 3.63) is 46.2 Å². The molecule has 4 rings (SSSR count). The first-order valence-electron chi connectivity index (χ1n) is 13.8. The second-order valence-corrected chi connectivity index (χ2v) is 14.1. The molecule has 0 spiro atoms. The SMILES string of the molecule is CC(C)n1c(=O)c(C(N)=O)cc2ccccc21.CCSCCN(CC(O)CN1[C@@H]2CCC[C@H]1CC2)S(C)(=O)=O. The van der Waals surface area contributed by atoms with E-state index in [0.29, 0.717) is 25.2 Å². The van der Waals surface area contributed by atoms with E-state index in [1.807, 2.05) is 38.1 Å². The highest BCUT2D eigenvalue weighted by Gasteiger charge is 2.37. The summed E-state index contributed by atoms with van der Waals surface area (Å²) in [5.74, 6) is 1.08. The van der Waals surface area contributed by atoms with Crippen LogP contribution in [0.25, 0.3) is 10.9 Å². The maximum absolute atomic E-state index is 12.1. The first-order valence-corrected chi connectivity index (χ1v) is 16.8. The number of carbonyl (C=O) groups is 1. The second kappa shape index (κ2) is 14.1. The van der Waals surface area contributed by atoms with Gasteiger partial charge in [-0.05, 0) is 62.8 Å². The van der Waals surface area contributed by atoms with Crippen LogP contribution in [0.5, 0.6) is 0 Å². The van der Waals surface area contributed by atoms with Crippen LogP contribution in [0.15, 0.2) is 35.1 Å². The van der Waals surface area contributed by atoms with Gasteiger partial charge in [-0.2, -0.15) is 16.1 Å². The third-order valence-electron chi connectivity index (χ3n) is 7.57. The predicted octanol–water partition coefficient (Wildman–Crippen LogP) is 3.06. The van der Waals surface area contributed by atoms with Crippen LogP contribution in [0.2, 0.25) is 0 Å². The molecule has 0 aliphatic carbocycles. The van der Waals surface area contributed by atoms with Crippen molar-refractivity contribution >= 4 is 38.6 Å². The molecule has 2 aromatic rings. The number of carbonyl (C=O) groups excluding carboxylic acids is 1. The van der Waals surface area contributed by atoms with Gasteiger partial charge in [0.2, 0.25) is 10.0 Å². The Hall–Kier alpha value is -1.92. The van der Waals surface area contributed by atoms with Gasteiger partial charge in [0.05, 0.1) is 17.9 Å². The van der Waals surface area contributed by atoms with E-state index in [1.165, 1.54) is 42.7 Å². The molecule has 2 aliphatic heterocycles. The number of pyridine rings is 1. The summed E-state index contributed by atoms with van der Waals surface area (Å²) in [7, 11) is -3.25. The number of hydrogen-bond donors (Lipinski definition) is 2. The van der Waals surface area contributed by atoms with E-state index in [2.05, 4.69) is 11.8 Å². The van der Waals surface area contributed by atoms with E-state index in [-0.39, 0.29) is 23.7 Å². The van der Waals surface area contributed by atoms with Gasteiger partial charge in [-0.3, -0.25) is 14.5 Å². The third kappa shape index (κ3) is 8.29. The van der Waals surface area contributed by atoms with Gasteiger partial charge in [0.15, 0.2) is 0 Å². The number of rotatable bonds is 11. The number of fused-ring (bicyclic) bond motifs is 3. The molecule has 218 valence electrons. The fourth-order valence-corrected chi connectivity index (χ4v) is 7.36. The molecule has 3 atom stereocenters. The minimum Gasteiger partial charge on any atom is -0.390 e. The topological polar surface area (TPSA) is 126 Å². The van der Waals surface area contributed by atoms with Gasteiger partial charge < -0.3 is 15.4 Å². The first-order chi connectivity index (χ1) is 18.4. The van der Waals surface area contributed by atoms with Gasteiger partial charge in [-0.15, -0.1) is 0 Å². The lowest BCUT2D eigenvalue weighted by Gasteiger charge is -2.36. The summed E-state index contributed by atoms with van der Waals surface area (Å²) < 4.78 is 26.8. The molecule has 0 radical (unpaired) electrons. The first kappa shape index (κ1) is 31.6. The lowest BCUT2D eigenvalue weighted by molar-refractivity contribution is 0.0534. The second-order valence-electron chi connectivity index (χ2n) is 10.7. The molecule has 1 aromatic heterocycles. The molecule has 1 unspecified atom stereocenters. The van der Waals surface area contributed by atoms with Crippen molar-refractivity contribution in [2.45, 2.75) is 77.1 Å². The number of para-hydroxylation sites is 1. The quantitative estimate of drug-likeness (QED) is 0.391. The van der Waals surface area contributed by atoms with Crippen LogP contribution in [-0.4, -0.2) is 88.8 Å². The van der Waals surface area contributed by atoms with Crippen molar-refractivity contribution < 1.29 is 18.3 Å². The number of amides is 1. The van der Waals surface area contributed by atoms with Crippen molar-refractivity contribution in [3.8, 4) is 0 Å². The summed E-state index contributed by atoms with van der Waals surface area (Å²) >= 11 is 1.73. The summed E-state index contributed by atoms with van der Waals surface area (Å²) in [6.07, 6.45) is 6.87. The fraction of sp³-hybridized carbons (Fsp3) is 0.643. The van der Waals surface area contributed by atoms with E-state index < -0.39 is 22.0 Å². The highest BCUT2D eigenvalue weighted by atomic mass is 32.2. The van der Waals surface area contributed by atoms with Crippen LogP contribution >= 0.6 is 11.8 Å². The number of aliphatic hydroxyl groups is 1. The molecule has 1 amide bonds. The number of nitrogens with two attached hydrogens (primary N) is 1. The zero-order chi connectivity index (χ0) is 28.7. The van der Waals surface area contributed by atoms with Crippen LogP contribution in [0.3, 0.4) is 0 Å². The molecule has 2 fully saturated rings. The third-order valence-corrected chi connectivity index (χ3v) is 9.72. The monoisotopic (exact) mass is 580 g/mol. The predicted molar refractivity (Wildman–Crippen MR) is 160 cm³/mol. The molecule has 2 aliphatic rings. The maximum Gasteiger partial charge on any atom is 0.264 e. The van der Waals surface area contributed by atoms with Crippen molar-refractivity contribution in [3.63, 3.8) is 0 Å². The molecule has 3 heterocycles. The Morgan fingerprint density at radius 1 is 1.18 bits per heavy atom. The smallest absolute Gasteiger partial charge is 0.264 e. The largest absolute Gasteiger partial charge is 0.390 e. The zero-order valence-electron chi connectivity index (χ0n) is 23.6. The molecule has 3 N–H and O–H groups in total. The van der Waals surface area contributed by atoms with Crippen LogP contribution in [-0.2, 0) is 10.0 Å². The van der Waals surface area contributed by atoms with Crippen LogP contribution in [0.1, 0.15) is 69.3 Å². The minimum absolute atomic E-state index is 0.0216. The van der Waals surface area contributed by atoms with Gasteiger partial charge >= 0.3 is 0 Å². The molecule has 0 saturated carbocycles. The van der Waals surface area contributed by atoms with E-state index >= 15 is 0 Å². The van der Waals surface area contributed by atoms with Crippen molar-refractivity contribution in [1.82, 2.24) is 13.8 Å². The Labute approximate surface area is 236 Å². The van der Waals surface area contributed by atoms with E-state index in [4.69, 9.17) is 5.73 Å². The Bertz CT molecular complexity index is 1260. The van der Waals surface area contributed by atoms with Crippen molar-refractivity contribution in [2.24, 2.45) is 5.73 Å². The highest BCUT2D eigenvalue weighted by molar-refractivity contribution is 7.99. The van der Waals surface area contributed by atoms with E-state index in [9.17, 15) is 23.1 Å². The Morgan fingerprint density at radius 3 is 2.38 bits per heavy atom. The molecule has 9 nitrogen and oxygen atoms in total. The van der Waals surface area contributed by atoms with Crippen molar-refractivity contribution in [2.75, 3.05) is 37.4 Å². The van der Waals surface area contributed by atoms with Crippen molar-refractivity contribution in [1.29, 1.82) is 0 Å². The molecule has 1 aromatic carbocycles. The Morgan fingerprint density at radius 2 is 1.82 bits per heavy atom. The number of primary amides is 1. The number of piperidine rings is 1. The summed E-state index contributed by atoms with van der Waals surface area (Å²) in [6.45, 7) is 7.19. The number of thioether (sulfide) groups is 1. The van der Waals surface area contributed by atoms with Gasteiger partial charge in [-0.1, -0.05) is 31.5 Å². The number of nitrogens with zero attached hydrogens (tertiary/aromatic N) is 3. The number of aliphatic hydroxyl groups excluding tert-OH is 1. The lowest BCUT2D eigenvalue weighted by Crippen LogP contribution is -2.48. The molecule has 39 heavy (non-hydrogen) atoms. The van der Waals surface area contributed by atoms with Crippen LogP contribution in [0.4, 0.5) is 0 Å².